The van der Waals surface area contributed by atoms with E-state index in [1.54, 1.807) is 19.4 Å². The molecule has 0 atom stereocenters. The Morgan fingerprint density at radius 2 is 1.90 bits per heavy atom. The number of methoxy groups -OCH3 is 1. The summed E-state index contributed by atoms with van der Waals surface area (Å²) in [4.78, 5) is 37.5. The van der Waals surface area contributed by atoms with E-state index < -0.39 is 11.9 Å². The van der Waals surface area contributed by atoms with Crippen molar-refractivity contribution in [2.45, 2.75) is 18.8 Å². The smallest absolute Gasteiger partial charge is 0.360 e. The van der Waals surface area contributed by atoms with Gasteiger partial charge in [0.2, 0.25) is 0 Å². The minimum absolute atomic E-state index is 0.0210. The Morgan fingerprint density at radius 1 is 1.14 bits per heavy atom. The molecule has 3 aromatic rings. The van der Waals surface area contributed by atoms with Gasteiger partial charge in [0, 0.05) is 24.9 Å². The molecule has 1 aliphatic carbocycles. The minimum atomic E-state index is -0.639. The number of hydrogen-bond donors (Lipinski definition) is 2. The second kappa shape index (κ2) is 7.66. The third-order valence-corrected chi connectivity index (χ3v) is 4.42. The van der Waals surface area contributed by atoms with Crippen LogP contribution in [0.5, 0.6) is 0 Å². The summed E-state index contributed by atoms with van der Waals surface area (Å²) in [6.45, 7) is 0. The number of ether oxygens (including phenoxy) is 1. The zero-order valence-electron chi connectivity index (χ0n) is 15.9. The van der Waals surface area contributed by atoms with E-state index >= 15 is 0 Å². The number of carbonyl (C=O) groups excluding carboxylic acids is 2. The van der Waals surface area contributed by atoms with Crippen LogP contribution in [0.1, 0.15) is 45.4 Å². The highest BCUT2D eigenvalue weighted by molar-refractivity contribution is 6.09. The quantitative estimate of drug-likeness (QED) is 0.611. The van der Waals surface area contributed by atoms with E-state index in [-0.39, 0.29) is 17.1 Å². The van der Waals surface area contributed by atoms with Crippen LogP contribution in [-0.4, -0.2) is 43.7 Å². The maximum absolute atomic E-state index is 13.1. The molecule has 0 saturated heterocycles. The lowest BCUT2D eigenvalue weighted by Crippen LogP contribution is -2.18. The van der Waals surface area contributed by atoms with E-state index in [2.05, 4.69) is 30.7 Å². The summed E-state index contributed by atoms with van der Waals surface area (Å²) in [5, 5.41) is 9.89. The van der Waals surface area contributed by atoms with E-state index in [1.165, 1.54) is 24.3 Å². The lowest BCUT2D eigenvalue weighted by molar-refractivity contribution is 0.0594. The van der Waals surface area contributed by atoms with Crippen molar-refractivity contribution in [2.75, 3.05) is 17.7 Å². The first-order valence-corrected chi connectivity index (χ1v) is 9.01. The molecule has 0 bridgehead atoms. The molecule has 1 saturated carbocycles. The van der Waals surface area contributed by atoms with E-state index in [0.717, 1.165) is 18.5 Å². The molecule has 4 rings (SSSR count). The van der Waals surface area contributed by atoms with Crippen LogP contribution in [0.25, 0.3) is 0 Å². The summed E-state index contributed by atoms with van der Waals surface area (Å²) in [7, 11) is 2.91. The number of nitrogens with zero attached hydrogens (tertiary/aromatic N) is 5. The van der Waals surface area contributed by atoms with Crippen LogP contribution in [0.15, 0.2) is 37.1 Å². The Bertz CT molecular complexity index is 1060. The number of rotatable bonds is 6. The van der Waals surface area contributed by atoms with E-state index in [1.807, 2.05) is 12.1 Å². The van der Waals surface area contributed by atoms with Gasteiger partial charge in [-0.15, -0.1) is 0 Å². The van der Waals surface area contributed by atoms with Crippen molar-refractivity contribution in [1.82, 2.24) is 24.7 Å². The van der Waals surface area contributed by atoms with E-state index in [4.69, 9.17) is 4.74 Å². The van der Waals surface area contributed by atoms with Crippen LogP contribution >= 0.6 is 0 Å². The van der Waals surface area contributed by atoms with Gasteiger partial charge in [0.15, 0.2) is 11.4 Å². The molecule has 0 aromatic carbocycles. The maximum atomic E-state index is 13.1. The van der Waals surface area contributed by atoms with Gasteiger partial charge in [-0.3, -0.25) is 9.48 Å². The average Bonchev–Trinajstić information content (AvgIpc) is 3.51. The molecule has 10 nitrogen and oxygen atoms in total. The number of hydrogen-bond acceptors (Lipinski definition) is 8. The van der Waals surface area contributed by atoms with Crippen LogP contribution in [0.3, 0.4) is 0 Å². The second-order valence-electron chi connectivity index (χ2n) is 6.67. The molecular formula is C19H19N7O3. The van der Waals surface area contributed by atoms with Gasteiger partial charge in [0.05, 0.1) is 36.6 Å². The van der Waals surface area contributed by atoms with Crippen molar-refractivity contribution < 1.29 is 14.3 Å². The Kier molecular flexibility index (Phi) is 4.90. The summed E-state index contributed by atoms with van der Waals surface area (Å²) < 4.78 is 6.16. The largest absolute Gasteiger partial charge is 0.464 e. The zero-order valence-corrected chi connectivity index (χ0v) is 15.9. The van der Waals surface area contributed by atoms with Crippen LogP contribution < -0.4 is 10.6 Å². The van der Waals surface area contributed by atoms with Crippen molar-refractivity contribution in [1.29, 1.82) is 0 Å². The first-order valence-electron chi connectivity index (χ1n) is 9.01. The standard InChI is InChI=1S/C19H19N7O3/c1-26-9-15(17(25-26)19(28)29-2)24-18(27)16-14(22-12-7-20-10-21-8-12)6-5-13(23-16)11-3-4-11/h5-11,22H,3-4H2,1-2H3,(H,24,27). The highest BCUT2D eigenvalue weighted by Crippen LogP contribution is 2.39. The fraction of sp³-hybridized carbons (Fsp3) is 0.263. The number of nitrogens with one attached hydrogen (secondary N) is 2. The van der Waals surface area contributed by atoms with Gasteiger partial charge < -0.3 is 15.4 Å². The summed E-state index contributed by atoms with van der Waals surface area (Å²) in [6.07, 6.45) is 8.27. The van der Waals surface area contributed by atoms with Crippen molar-refractivity contribution in [3.63, 3.8) is 0 Å². The number of aromatic nitrogens is 5. The normalized spacial score (nSPS) is 13.0. The molecule has 1 amide bonds. The number of aryl methyl sites for hydroxylation is 1. The Morgan fingerprint density at radius 3 is 2.59 bits per heavy atom. The molecule has 0 spiro atoms. The summed E-state index contributed by atoms with van der Waals surface area (Å²) in [5.41, 5.74) is 2.47. The number of anilines is 3. The fourth-order valence-corrected chi connectivity index (χ4v) is 2.88. The Labute approximate surface area is 166 Å². The number of pyridine rings is 1. The van der Waals surface area contributed by atoms with Crippen molar-refractivity contribution in [2.24, 2.45) is 7.05 Å². The molecule has 1 fully saturated rings. The maximum Gasteiger partial charge on any atom is 0.360 e. The van der Waals surface area contributed by atoms with Crippen LogP contribution in [-0.2, 0) is 11.8 Å². The first-order chi connectivity index (χ1) is 14.0. The predicted molar refractivity (Wildman–Crippen MR) is 104 cm³/mol. The SMILES string of the molecule is COC(=O)c1nn(C)cc1NC(=O)c1nc(C2CC2)ccc1Nc1cncnc1. The number of amides is 1. The van der Waals surface area contributed by atoms with Crippen LogP contribution in [0.4, 0.5) is 17.1 Å². The fourth-order valence-electron chi connectivity index (χ4n) is 2.88. The third kappa shape index (κ3) is 4.05. The monoisotopic (exact) mass is 393 g/mol. The highest BCUT2D eigenvalue weighted by Gasteiger charge is 2.27. The molecule has 0 radical (unpaired) electrons. The molecule has 10 heteroatoms. The molecule has 3 aromatic heterocycles. The molecule has 0 unspecified atom stereocenters. The summed E-state index contributed by atoms with van der Waals surface area (Å²) >= 11 is 0. The van der Waals surface area contributed by atoms with Crippen LogP contribution in [0, 0.1) is 0 Å². The Balaban J connectivity index is 1.66. The van der Waals surface area contributed by atoms with E-state index in [9.17, 15) is 9.59 Å². The van der Waals surface area contributed by atoms with Crippen LogP contribution in [0.2, 0.25) is 0 Å². The topological polar surface area (TPSA) is 124 Å². The van der Waals surface area contributed by atoms with Gasteiger partial charge in [-0.25, -0.2) is 19.7 Å². The van der Waals surface area contributed by atoms with Crippen molar-refractivity contribution in [3.05, 3.63) is 54.1 Å². The molecule has 1 aliphatic rings. The number of carbonyl (C=O) groups is 2. The first kappa shape index (κ1) is 18.5. The third-order valence-electron chi connectivity index (χ3n) is 4.42. The zero-order chi connectivity index (χ0) is 20.4. The van der Waals surface area contributed by atoms with Gasteiger partial charge in [-0.05, 0) is 25.0 Å². The molecular weight excluding hydrogens is 374 g/mol. The lowest BCUT2D eigenvalue weighted by atomic mass is 10.2. The molecule has 29 heavy (non-hydrogen) atoms. The van der Waals surface area contributed by atoms with Gasteiger partial charge >= 0.3 is 5.97 Å². The van der Waals surface area contributed by atoms with Gasteiger partial charge in [0.1, 0.15) is 6.33 Å². The molecule has 2 N–H and O–H groups in total. The van der Waals surface area contributed by atoms with Crippen molar-refractivity contribution in [3.8, 4) is 0 Å². The van der Waals surface area contributed by atoms with Crippen molar-refractivity contribution >= 4 is 28.9 Å². The predicted octanol–water partition coefficient (Wildman–Crippen LogP) is 2.26. The summed E-state index contributed by atoms with van der Waals surface area (Å²) in [6, 6.07) is 3.72. The van der Waals surface area contributed by atoms with Gasteiger partial charge in [-0.2, -0.15) is 5.10 Å². The van der Waals surface area contributed by atoms with Gasteiger partial charge in [0.25, 0.3) is 5.91 Å². The number of esters is 1. The second-order valence-corrected chi connectivity index (χ2v) is 6.67. The summed E-state index contributed by atoms with van der Waals surface area (Å²) in [5.74, 6) is -0.731. The molecule has 3 heterocycles. The van der Waals surface area contributed by atoms with E-state index in [0.29, 0.717) is 17.3 Å². The highest BCUT2D eigenvalue weighted by atomic mass is 16.5. The van der Waals surface area contributed by atoms with Gasteiger partial charge in [-0.1, -0.05) is 0 Å². The Hall–Kier alpha value is -3.82. The molecule has 0 aliphatic heterocycles. The molecule has 148 valence electrons. The minimum Gasteiger partial charge on any atom is -0.464 e. The average molecular weight is 393 g/mol. The lowest BCUT2D eigenvalue weighted by Gasteiger charge is -2.12.